The minimum absolute atomic E-state index is 1.05. The quantitative estimate of drug-likeness (QED) is 0.573. The summed E-state index contributed by atoms with van der Waals surface area (Å²) in [6, 6.07) is 6.69. The number of rotatable bonds is 5. The predicted molar refractivity (Wildman–Crippen MR) is 67.3 cm³/mol. The third kappa shape index (κ3) is 4.30. The van der Waals surface area contributed by atoms with E-state index in [1.807, 2.05) is 7.05 Å². The highest BCUT2D eigenvalue weighted by Crippen LogP contribution is 2.10. The fraction of sp³-hybridized carbons (Fsp3) is 0.429. The van der Waals surface area contributed by atoms with E-state index in [1.165, 1.54) is 16.7 Å². The van der Waals surface area contributed by atoms with Gasteiger partial charge in [0.2, 0.25) is 0 Å². The number of hydrogen-bond donors (Lipinski definition) is 1. The highest BCUT2D eigenvalue weighted by molar-refractivity contribution is 5.30. The Balaban J connectivity index is 2.44. The van der Waals surface area contributed by atoms with Crippen LogP contribution in [-0.4, -0.2) is 13.6 Å². The minimum atomic E-state index is 1.05. The molecule has 0 fully saturated rings. The number of benzene rings is 1. The van der Waals surface area contributed by atoms with Gasteiger partial charge in [0.15, 0.2) is 0 Å². The van der Waals surface area contributed by atoms with Crippen molar-refractivity contribution in [2.75, 3.05) is 13.6 Å². The first kappa shape index (κ1) is 12.0. The maximum atomic E-state index is 3.13. The Hall–Kier alpha value is -1.08. The fourth-order valence-corrected chi connectivity index (χ4v) is 1.50. The van der Waals surface area contributed by atoms with E-state index in [0.717, 1.165) is 19.4 Å². The van der Waals surface area contributed by atoms with Gasteiger partial charge in [-0.25, -0.2) is 0 Å². The third-order valence-electron chi connectivity index (χ3n) is 2.65. The summed E-state index contributed by atoms with van der Waals surface area (Å²) in [5.74, 6) is 0. The molecule has 0 atom stereocenters. The number of nitrogens with one attached hydrogen (secondary N) is 1. The topological polar surface area (TPSA) is 12.0 Å². The summed E-state index contributed by atoms with van der Waals surface area (Å²) in [6.07, 6.45) is 6.65. The van der Waals surface area contributed by atoms with Crippen LogP contribution in [0.1, 0.15) is 23.1 Å². The van der Waals surface area contributed by atoms with E-state index >= 15 is 0 Å². The average Bonchev–Trinajstić information content (AvgIpc) is 2.23. The standard InChI is InChI=1S/C14H21N/c1-12-8-9-14(11-13(12)2)7-5-4-6-10-15-3/h4-5,8-9,11,15H,6-7,10H2,1-3H3. The summed E-state index contributed by atoms with van der Waals surface area (Å²) >= 11 is 0. The first-order valence-electron chi connectivity index (χ1n) is 5.59. The predicted octanol–water partition coefficient (Wildman–Crippen LogP) is 3.01. The van der Waals surface area contributed by atoms with Gasteiger partial charge >= 0.3 is 0 Å². The van der Waals surface area contributed by atoms with Gasteiger partial charge in [-0.3, -0.25) is 0 Å². The molecule has 0 heterocycles. The van der Waals surface area contributed by atoms with Gasteiger partial charge in [0, 0.05) is 0 Å². The SMILES string of the molecule is CNCCC=CCc1ccc(C)c(C)c1. The summed E-state index contributed by atoms with van der Waals surface area (Å²) in [4.78, 5) is 0. The second-order valence-electron chi connectivity index (χ2n) is 3.99. The molecule has 0 saturated heterocycles. The van der Waals surface area contributed by atoms with Crippen LogP contribution in [0.4, 0.5) is 0 Å². The molecule has 0 aliphatic rings. The van der Waals surface area contributed by atoms with Crippen LogP contribution in [0.15, 0.2) is 30.4 Å². The number of aryl methyl sites for hydroxylation is 2. The number of allylic oxidation sites excluding steroid dienone is 1. The summed E-state index contributed by atoms with van der Waals surface area (Å²) in [6.45, 7) is 5.38. The van der Waals surface area contributed by atoms with E-state index < -0.39 is 0 Å². The number of hydrogen-bond acceptors (Lipinski definition) is 1. The molecule has 1 N–H and O–H groups in total. The second-order valence-corrected chi connectivity index (χ2v) is 3.99. The molecule has 1 nitrogen and oxygen atoms in total. The Morgan fingerprint density at radius 2 is 1.93 bits per heavy atom. The molecule has 0 saturated carbocycles. The molecule has 0 aliphatic carbocycles. The van der Waals surface area contributed by atoms with Crippen LogP contribution >= 0.6 is 0 Å². The fourth-order valence-electron chi connectivity index (χ4n) is 1.50. The van der Waals surface area contributed by atoms with Gasteiger partial charge in [-0.15, -0.1) is 0 Å². The molecule has 1 aromatic carbocycles. The summed E-state index contributed by atoms with van der Waals surface area (Å²) in [5, 5.41) is 3.13. The maximum Gasteiger partial charge on any atom is -0.00173 e. The van der Waals surface area contributed by atoms with Gasteiger partial charge in [-0.2, -0.15) is 0 Å². The molecule has 15 heavy (non-hydrogen) atoms. The zero-order chi connectivity index (χ0) is 11.1. The lowest BCUT2D eigenvalue weighted by atomic mass is 10.0. The molecule has 0 aromatic heterocycles. The van der Waals surface area contributed by atoms with Gasteiger partial charge in [-0.1, -0.05) is 30.4 Å². The van der Waals surface area contributed by atoms with Crippen molar-refractivity contribution in [3.8, 4) is 0 Å². The van der Waals surface area contributed by atoms with E-state index in [9.17, 15) is 0 Å². The van der Waals surface area contributed by atoms with E-state index in [0.29, 0.717) is 0 Å². The molecular formula is C14H21N. The van der Waals surface area contributed by atoms with Crippen molar-refractivity contribution in [3.63, 3.8) is 0 Å². The van der Waals surface area contributed by atoms with Crippen LogP contribution < -0.4 is 5.32 Å². The first-order chi connectivity index (χ1) is 7.24. The molecule has 0 aliphatic heterocycles. The van der Waals surface area contributed by atoms with Crippen molar-refractivity contribution < 1.29 is 0 Å². The minimum Gasteiger partial charge on any atom is -0.319 e. The van der Waals surface area contributed by atoms with E-state index in [1.54, 1.807) is 0 Å². The normalized spacial score (nSPS) is 11.1. The first-order valence-corrected chi connectivity index (χ1v) is 5.59. The lowest BCUT2D eigenvalue weighted by molar-refractivity contribution is 0.806. The Morgan fingerprint density at radius 3 is 2.60 bits per heavy atom. The maximum absolute atomic E-state index is 3.13. The van der Waals surface area contributed by atoms with Crippen LogP contribution in [0.25, 0.3) is 0 Å². The van der Waals surface area contributed by atoms with Gasteiger partial charge in [0.25, 0.3) is 0 Å². The van der Waals surface area contributed by atoms with Crippen molar-refractivity contribution >= 4 is 0 Å². The van der Waals surface area contributed by atoms with Crippen LogP contribution in [0.2, 0.25) is 0 Å². The Bertz CT molecular complexity index is 326. The Kier molecular flexibility index (Phi) is 5.13. The molecule has 0 unspecified atom stereocenters. The van der Waals surface area contributed by atoms with Gasteiger partial charge in [0.05, 0.1) is 0 Å². The lowest BCUT2D eigenvalue weighted by Crippen LogP contribution is -2.05. The van der Waals surface area contributed by atoms with Gasteiger partial charge < -0.3 is 5.32 Å². The summed E-state index contributed by atoms with van der Waals surface area (Å²) in [7, 11) is 1.98. The molecule has 1 heteroatoms. The smallest absolute Gasteiger partial charge is 0.00173 e. The third-order valence-corrected chi connectivity index (χ3v) is 2.65. The molecular weight excluding hydrogens is 182 g/mol. The van der Waals surface area contributed by atoms with Crippen molar-refractivity contribution in [1.29, 1.82) is 0 Å². The van der Waals surface area contributed by atoms with E-state index in [-0.39, 0.29) is 0 Å². The Morgan fingerprint density at radius 1 is 1.13 bits per heavy atom. The average molecular weight is 203 g/mol. The lowest BCUT2D eigenvalue weighted by Gasteiger charge is -2.02. The van der Waals surface area contributed by atoms with Crippen LogP contribution in [0.3, 0.4) is 0 Å². The summed E-state index contributed by atoms with van der Waals surface area (Å²) in [5.41, 5.74) is 4.16. The molecule has 0 spiro atoms. The van der Waals surface area contributed by atoms with Crippen LogP contribution in [0.5, 0.6) is 0 Å². The van der Waals surface area contributed by atoms with Crippen molar-refractivity contribution in [3.05, 3.63) is 47.0 Å². The second kappa shape index (κ2) is 6.41. The Labute approximate surface area is 93.2 Å². The van der Waals surface area contributed by atoms with Crippen molar-refractivity contribution in [2.24, 2.45) is 0 Å². The molecule has 0 radical (unpaired) electrons. The molecule has 82 valence electrons. The van der Waals surface area contributed by atoms with E-state index in [4.69, 9.17) is 0 Å². The molecule has 0 amide bonds. The summed E-state index contributed by atoms with van der Waals surface area (Å²) < 4.78 is 0. The van der Waals surface area contributed by atoms with Crippen molar-refractivity contribution in [2.45, 2.75) is 26.7 Å². The van der Waals surface area contributed by atoms with Gasteiger partial charge in [-0.05, 0) is 57.0 Å². The monoisotopic (exact) mass is 203 g/mol. The van der Waals surface area contributed by atoms with E-state index in [2.05, 4.69) is 49.5 Å². The van der Waals surface area contributed by atoms with Gasteiger partial charge in [0.1, 0.15) is 0 Å². The van der Waals surface area contributed by atoms with Crippen LogP contribution in [0, 0.1) is 13.8 Å². The largest absolute Gasteiger partial charge is 0.319 e. The molecule has 1 aromatic rings. The zero-order valence-corrected chi connectivity index (χ0v) is 10.0. The highest BCUT2D eigenvalue weighted by Gasteiger charge is 1.93. The molecule has 1 rings (SSSR count). The highest BCUT2D eigenvalue weighted by atomic mass is 14.8. The van der Waals surface area contributed by atoms with Crippen LogP contribution in [-0.2, 0) is 6.42 Å². The van der Waals surface area contributed by atoms with Crippen molar-refractivity contribution in [1.82, 2.24) is 5.32 Å². The zero-order valence-electron chi connectivity index (χ0n) is 10.0. The molecule has 0 bridgehead atoms.